The SMILES string of the molecule is CC.CON(C)C(=O)c1cc2cccc(C(F)(F)F)n2n1. The topological polar surface area (TPSA) is 46.8 Å². The summed E-state index contributed by atoms with van der Waals surface area (Å²) in [6.45, 7) is 4.00. The Morgan fingerprint density at radius 3 is 2.48 bits per heavy atom. The Bertz CT molecular complexity index is 623. The minimum Gasteiger partial charge on any atom is -0.274 e. The average molecular weight is 303 g/mol. The van der Waals surface area contributed by atoms with Crippen molar-refractivity contribution in [3.8, 4) is 0 Å². The minimum absolute atomic E-state index is 0.124. The second-order valence-corrected chi connectivity index (χ2v) is 3.76. The third kappa shape index (κ3) is 3.52. The van der Waals surface area contributed by atoms with Crippen LogP contribution in [0.1, 0.15) is 30.0 Å². The molecule has 0 aliphatic carbocycles. The van der Waals surface area contributed by atoms with Crippen molar-refractivity contribution in [2.75, 3.05) is 14.2 Å². The average Bonchev–Trinajstić information content (AvgIpc) is 2.90. The summed E-state index contributed by atoms with van der Waals surface area (Å²) < 4.78 is 39.0. The number of hydrogen-bond acceptors (Lipinski definition) is 3. The summed E-state index contributed by atoms with van der Waals surface area (Å²) in [5, 5.41) is 4.56. The van der Waals surface area contributed by atoms with Crippen molar-refractivity contribution in [3.05, 3.63) is 35.7 Å². The number of nitrogens with zero attached hydrogens (tertiary/aromatic N) is 3. The Morgan fingerprint density at radius 1 is 1.33 bits per heavy atom. The number of alkyl halides is 3. The maximum Gasteiger partial charge on any atom is 0.433 e. The van der Waals surface area contributed by atoms with E-state index >= 15 is 0 Å². The number of fused-ring (bicyclic) bond motifs is 1. The fourth-order valence-electron chi connectivity index (χ4n) is 1.58. The van der Waals surface area contributed by atoms with Gasteiger partial charge >= 0.3 is 6.18 Å². The molecule has 2 rings (SSSR count). The highest BCUT2D eigenvalue weighted by molar-refractivity contribution is 5.92. The van der Waals surface area contributed by atoms with Gasteiger partial charge in [-0.3, -0.25) is 9.63 Å². The maximum absolute atomic E-state index is 12.8. The molecule has 0 aliphatic rings. The van der Waals surface area contributed by atoms with Gasteiger partial charge in [0.2, 0.25) is 0 Å². The Kier molecular flexibility index (Phi) is 5.31. The molecule has 116 valence electrons. The Balaban J connectivity index is 0.00000106. The van der Waals surface area contributed by atoms with Crippen LogP contribution in [-0.4, -0.2) is 34.7 Å². The van der Waals surface area contributed by atoms with E-state index in [-0.39, 0.29) is 11.2 Å². The molecule has 0 unspecified atom stereocenters. The normalized spacial score (nSPS) is 11.0. The highest BCUT2D eigenvalue weighted by Crippen LogP contribution is 2.29. The van der Waals surface area contributed by atoms with Crippen molar-refractivity contribution >= 4 is 11.4 Å². The monoisotopic (exact) mass is 303 g/mol. The summed E-state index contributed by atoms with van der Waals surface area (Å²) in [5.41, 5.74) is -0.882. The van der Waals surface area contributed by atoms with Crippen LogP contribution in [0.3, 0.4) is 0 Å². The van der Waals surface area contributed by atoms with Crippen molar-refractivity contribution < 1.29 is 22.8 Å². The van der Waals surface area contributed by atoms with Gasteiger partial charge < -0.3 is 0 Å². The van der Waals surface area contributed by atoms with Crippen LogP contribution >= 0.6 is 0 Å². The van der Waals surface area contributed by atoms with Crippen LogP contribution in [0.25, 0.3) is 5.52 Å². The molecule has 0 spiro atoms. The maximum atomic E-state index is 12.8. The molecule has 1 amide bonds. The first-order valence-electron chi connectivity index (χ1n) is 6.22. The lowest BCUT2D eigenvalue weighted by molar-refractivity contribution is -0.142. The molecule has 2 heterocycles. The van der Waals surface area contributed by atoms with Crippen LogP contribution in [0.5, 0.6) is 0 Å². The standard InChI is InChI=1S/C11H10F3N3O2.C2H6/c1-16(19-2)10(18)8-6-7-4-3-5-9(11(12,13)14)17(7)15-8;1-2/h3-6H,1-2H3;1-2H3. The largest absolute Gasteiger partial charge is 0.433 e. The highest BCUT2D eigenvalue weighted by Gasteiger charge is 2.34. The van der Waals surface area contributed by atoms with E-state index < -0.39 is 17.8 Å². The van der Waals surface area contributed by atoms with Gasteiger partial charge in [-0.2, -0.15) is 18.3 Å². The molecule has 0 fully saturated rings. The van der Waals surface area contributed by atoms with Crippen molar-refractivity contribution in [1.29, 1.82) is 0 Å². The smallest absolute Gasteiger partial charge is 0.274 e. The summed E-state index contributed by atoms with van der Waals surface area (Å²) in [6, 6.07) is 4.86. The van der Waals surface area contributed by atoms with Crippen LogP contribution in [0.15, 0.2) is 24.3 Å². The van der Waals surface area contributed by atoms with Crippen LogP contribution in [0.4, 0.5) is 13.2 Å². The zero-order valence-electron chi connectivity index (χ0n) is 12.1. The van der Waals surface area contributed by atoms with Crippen LogP contribution in [0.2, 0.25) is 0 Å². The molecule has 0 bridgehead atoms. The number of aromatic nitrogens is 2. The number of rotatable bonds is 2. The summed E-state index contributed by atoms with van der Waals surface area (Å²) in [7, 11) is 2.62. The summed E-state index contributed by atoms with van der Waals surface area (Å²) >= 11 is 0. The quantitative estimate of drug-likeness (QED) is 0.801. The van der Waals surface area contributed by atoms with E-state index in [1.807, 2.05) is 13.8 Å². The Hall–Kier alpha value is -2.09. The van der Waals surface area contributed by atoms with Gasteiger partial charge in [0.05, 0.1) is 12.6 Å². The van der Waals surface area contributed by atoms with Crippen molar-refractivity contribution in [3.63, 3.8) is 0 Å². The molecule has 0 radical (unpaired) electrons. The van der Waals surface area contributed by atoms with E-state index in [0.717, 1.165) is 11.1 Å². The number of hydrogen-bond donors (Lipinski definition) is 0. The van der Waals surface area contributed by atoms with Gasteiger partial charge in [0, 0.05) is 7.05 Å². The van der Waals surface area contributed by atoms with E-state index in [9.17, 15) is 18.0 Å². The van der Waals surface area contributed by atoms with Crippen molar-refractivity contribution in [2.24, 2.45) is 0 Å². The first-order chi connectivity index (χ1) is 9.84. The fraction of sp³-hybridized carbons (Fsp3) is 0.385. The van der Waals surface area contributed by atoms with Gasteiger partial charge in [-0.25, -0.2) is 9.58 Å². The lowest BCUT2D eigenvalue weighted by atomic mass is 10.3. The summed E-state index contributed by atoms with van der Waals surface area (Å²) in [6.07, 6.45) is -4.54. The Morgan fingerprint density at radius 2 is 1.95 bits per heavy atom. The lowest BCUT2D eigenvalue weighted by Crippen LogP contribution is -2.25. The lowest BCUT2D eigenvalue weighted by Gasteiger charge is -2.11. The molecule has 0 saturated heterocycles. The molecule has 2 aromatic rings. The number of amides is 1. The van der Waals surface area contributed by atoms with Crippen LogP contribution in [0, 0.1) is 0 Å². The third-order valence-electron chi connectivity index (χ3n) is 2.56. The second-order valence-electron chi connectivity index (χ2n) is 3.76. The zero-order chi connectivity index (χ0) is 16.2. The molecule has 0 saturated carbocycles. The summed E-state index contributed by atoms with van der Waals surface area (Å²) in [4.78, 5) is 16.4. The van der Waals surface area contributed by atoms with Crippen molar-refractivity contribution in [2.45, 2.75) is 20.0 Å². The molecule has 0 N–H and O–H groups in total. The van der Waals surface area contributed by atoms with E-state index in [1.165, 1.54) is 32.4 Å². The molecule has 8 heteroatoms. The van der Waals surface area contributed by atoms with E-state index in [0.29, 0.717) is 4.52 Å². The predicted octanol–water partition coefficient (Wildman–Crippen LogP) is 3.01. The Labute approximate surface area is 119 Å². The molecule has 2 aromatic heterocycles. The second kappa shape index (κ2) is 6.57. The van der Waals surface area contributed by atoms with Crippen molar-refractivity contribution in [1.82, 2.24) is 14.7 Å². The number of pyridine rings is 1. The van der Waals surface area contributed by atoms with Crippen LogP contribution < -0.4 is 0 Å². The fourth-order valence-corrected chi connectivity index (χ4v) is 1.58. The first kappa shape index (κ1) is 17.0. The van der Waals surface area contributed by atoms with Gasteiger partial charge in [-0.15, -0.1) is 0 Å². The van der Waals surface area contributed by atoms with Gasteiger partial charge in [0.25, 0.3) is 5.91 Å². The van der Waals surface area contributed by atoms with E-state index in [2.05, 4.69) is 9.94 Å². The first-order valence-corrected chi connectivity index (χ1v) is 6.22. The number of hydroxylamine groups is 2. The third-order valence-corrected chi connectivity index (χ3v) is 2.56. The van der Waals surface area contributed by atoms with E-state index in [1.54, 1.807) is 0 Å². The van der Waals surface area contributed by atoms with Gasteiger partial charge in [0.15, 0.2) is 5.69 Å². The molecule has 21 heavy (non-hydrogen) atoms. The number of halogens is 3. The molecule has 5 nitrogen and oxygen atoms in total. The molecule has 0 aromatic carbocycles. The molecular weight excluding hydrogens is 287 g/mol. The molecule has 0 atom stereocenters. The van der Waals surface area contributed by atoms with Crippen LogP contribution in [-0.2, 0) is 11.0 Å². The number of carbonyl (C=O) groups excluding carboxylic acids is 1. The minimum atomic E-state index is -4.54. The zero-order valence-corrected chi connectivity index (χ0v) is 12.1. The van der Waals surface area contributed by atoms with Gasteiger partial charge in [-0.05, 0) is 18.2 Å². The molecular formula is C13H16F3N3O2. The molecule has 0 aliphatic heterocycles. The highest BCUT2D eigenvalue weighted by atomic mass is 19.4. The summed E-state index contributed by atoms with van der Waals surface area (Å²) in [5.74, 6) is -0.626. The number of carbonyl (C=O) groups is 1. The van der Waals surface area contributed by atoms with E-state index in [4.69, 9.17) is 0 Å². The van der Waals surface area contributed by atoms with Gasteiger partial charge in [-0.1, -0.05) is 19.9 Å². The predicted molar refractivity (Wildman–Crippen MR) is 70.6 cm³/mol. The van der Waals surface area contributed by atoms with Gasteiger partial charge in [0.1, 0.15) is 5.69 Å².